The number of aromatic nitrogens is 6. The van der Waals surface area contributed by atoms with E-state index < -0.39 is 0 Å². The molecule has 1 aromatic carbocycles. The Labute approximate surface area is 171 Å². The van der Waals surface area contributed by atoms with Gasteiger partial charge in [-0.3, -0.25) is 4.57 Å². The molecule has 2 aliphatic rings. The molecular formula is C21H22N8O. The van der Waals surface area contributed by atoms with Crippen LogP contribution in [0, 0.1) is 0 Å². The van der Waals surface area contributed by atoms with Crippen molar-refractivity contribution in [3.63, 3.8) is 0 Å². The lowest BCUT2D eigenvalue weighted by atomic mass is 9.98. The lowest BCUT2D eigenvalue weighted by Crippen LogP contribution is -2.24. The number of hydrogen-bond donors (Lipinski definition) is 4. The van der Waals surface area contributed by atoms with Gasteiger partial charge >= 0.3 is 5.69 Å². The molecule has 5 N–H and O–H groups in total. The molecule has 6 rings (SSSR count). The van der Waals surface area contributed by atoms with E-state index in [4.69, 9.17) is 5.73 Å². The molecule has 1 saturated carbocycles. The Morgan fingerprint density at radius 3 is 2.93 bits per heavy atom. The second kappa shape index (κ2) is 6.53. The van der Waals surface area contributed by atoms with Crippen LogP contribution < -0.4 is 16.7 Å². The lowest BCUT2D eigenvalue weighted by Gasteiger charge is -2.18. The molecule has 9 heteroatoms. The summed E-state index contributed by atoms with van der Waals surface area (Å²) in [7, 11) is 0. The van der Waals surface area contributed by atoms with Crippen LogP contribution in [-0.2, 0) is 19.5 Å². The summed E-state index contributed by atoms with van der Waals surface area (Å²) in [6, 6.07) is 6.39. The third-order valence-electron chi connectivity index (χ3n) is 5.95. The first-order valence-electron chi connectivity index (χ1n) is 10.3. The van der Waals surface area contributed by atoms with E-state index in [1.165, 1.54) is 24.0 Å². The van der Waals surface area contributed by atoms with Crippen LogP contribution in [0.2, 0.25) is 0 Å². The Balaban J connectivity index is 1.41. The number of benzene rings is 1. The normalized spacial score (nSPS) is 16.1. The van der Waals surface area contributed by atoms with Crippen LogP contribution in [0.15, 0.2) is 29.2 Å². The van der Waals surface area contributed by atoms with Crippen molar-refractivity contribution in [1.82, 2.24) is 34.8 Å². The van der Waals surface area contributed by atoms with Crippen LogP contribution >= 0.6 is 0 Å². The average Bonchev–Trinajstić information content (AvgIpc) is 3.40. The average molecular weight is 402 g/mol. The summed E-state index contributed by atoms with van der Waals surface area (Å²) in [5.41, 5.74) is 11.6. The Morgan fingerprint density at radius 2 is 2.07 bits per heavy atom. The van der Waals surface area contributed by atoms with E-state index in [1.54, 1.807) is 4.57 Å². The summed E-state index contributed by atoms with van der Waals surface area (Å²) in [6.07, 6.45) is 5.27. The van der Waals surface area contributed by atoms with Gasteiger partial charge in [-0.25, -0.2) is 19.7 Å². The molecule has 1 aliphatic heterocycles. The molecule has 0 saturated heterocycles. The van der Waals surface area contributed by atoms with Crippen molar-refractivity contribution in [2.24, 2.45) is 0 Å². The van der Waals surface area contributed by atoms with Crippen LogP contribution in [-0.4, -0.2) is 36.0 Å². The zero-order valence-electron chi connectivity index (χ0n) is 16.4. The molecule has 152 valence electrons. The van der Waals surface area contributed by atoms with E-state index in [0.717, 1.165) is 30.8 Å². The molecule has 0 bridgehead atoms. The molecule has 0 amide bonds. The maximum Gasteiger partial charge on any atom is 0.328 e. The fourth-order valence-electron chi connectivity index (χ4n) is 4.16. The highest BCUT2D eigenvalue weighted by molar-refractivity contribution is 5.83. The number of anilines is 1. The lowest BCUT2D eigenvalue weighted by molar-refractivity contribution is 0.641. The van der Waals surface area contributed by atoms with Crippen LogP contribution in [0.25, 0.3) is 22.8 Å². The van der Waals surface area contributed by atoms with Crippen LogP contribution in [0.4, 0.5) is 5.82 Å². The molecule has 3 aromatic heterocycles. The minimum Gasteiger partial charge on any atom is -0.382 e. The van der Waals surface area contributed by atoms with Crippen molar-refractivity contribution in [2.45, 2.75) is 38.3 Å². The molecule has 0 atom stereocenters. The first kappa shape index (κ1) is 17.4. The van der Waals surface area contributed by atoms with Crippen LogP contribution in [0.5, 0.6) is 0 Å². The number of fused-ring (bicyclic) bond motifs is 2. The van der Waals surface area contributed by atoms with Crippen molar-refractivity contribution in [1.29, 1.82) is 0 Å². The highest BCUT2D eigenvalue weighted by atomic mass is 16.1. The SMILES string of the molecule is Nc1nc(-c2nc(C3CC3)c[nH]2)nc2c1[nH]c(=O)n2Cc1ccc2c(c1)CNCC2. The number of imidazole rings is 2. The quantitative estimate of drug-likeness (QED) is 0.411. The molecule has 0 unspecified atom stereocenters. The summed E-state index contributed by atoms with van der Waals surface area (Å²) in [5, 5.41) is 3.39. The summed E-state index contributed by atoms with van der Waals surface area (Å²) < 4.78 is 1.61. The van der Waals surface area contributed by atoms with Crippen LogP contribution in [0.1, 0.15) is 41.1 Å². The number of nitrogens with zero attached hydrogens (tertiary/aromatic N) is 4. The number of nitrogens with two attached hydrogens (primary N) is 1. The molecule has 4 aromatic rings. The predicted molar refractivity (Wildman–Crippen MR) is 113 cm³/mol. The van der Waals surface area contributed by atoms with Gasteiger partial charge in [-0.1, -0.05) is 18.2 Å². The summed E-state index contributed by atoms with van der Waals surface area (Å²) in [6.45, 7) is 2.27. The third-order valence-corrected chi connectivity index (χ3v) is 5.95. The second-order valence-electron chi connectivity index (χ2n) is 8.13. The van der Waals surface area contributed by atoms with Crippen molar-refractivity contribution in [3.05, 3.63) is 57.3 Å². The van der Waals surface area contributed by atoms with Crippen molar-refractivity contribution in [2.75, 3.05) is 12.3 Å². The molecule has 0 spiro atoms. The molecular weight excluding hydrogens is 380 g/mol. The van der Waals surface area contributed by atoms with Crippen molar-refractivity contribution in [3.8, 4) is 11.6 Å². The third kappa shape index (κ3) is 2.89. The van der Waals surface area contributed by atoms with E-state index in [0.29, 0.717) is 35.3 Å². The monoisotopic (exact) mass is 402 g/mol. The van der Waals surface area contributed by atoms with E-state index in [2.05, 4.69) is 48.4 Å². The fraction of sp³-hybridized carbons (Fsp3) is 0.333. The van der Waals surface area contributed by atoms with Crippen molar-refractivity contribution >= 4 is 17.0 Å². The van der Waals surface area contributed by atoms with Gasteiger partial charge < -0.3 is 21.0 Å². The molecule has 4 heterocycles. The standard InChI is InChI=1S/C21H22N8O/c22-17-16-20(28-19(27-17)18-24-9-15(25-18)13-3-4-13)29(21(30)26-16)10-11-1-2-12-5-6-23-8-14(12)7-11/h1-2,7,9,13,23H,3-6,8,10H2,(H,24,25)(H,26,30)(H2,22,27,28). The smallest absolute Gasteiger partial charge is 0.328 e. The highest BCUT2D eigenvalue weighted by Gasteiger charge is 2.27. The molecule has 1 aliphatic carbocycles. The summed E-state index contributed by atoms with van der Waals surface area (Å²) >= 11 is 0. The first-order valence-corrected chi connectivity index (χ1v) is 10.3. The summed E-state index contributed by atoms with van der Waals surface area (Å²) in [4.78, 5) is 32.3. The van der Waals surface area contributed by atoms with Crippen molar-refractivity contribution < 1.29 is 0 Å². The number of nitrogen functional groups attached to an aromatic ring is 1. The van der Waals surface area contributed by atoms with E-state index in [9.17, 15) is 4.79 Å². The number of nitrogens with one attached hydrogen (secondary N) is 3. The van der Waals surface area contributed by atoms with Gasteiger partial charge in [0.05, 0.1) is 12.2 Å². The zero-order chi connectivity index (χ0) is 20.2. The van der Waals surface area contributed by atoms with Gasteiger partial charge in [0, 0.05) is 18.7 Å². The Bertz CT molecular complexity index is 1330. The topological polar surface area (TPSA) is 130 Å². The van der Waals surface area contributed by atoms with Crippen LogP contribution in [0.3, 0.4) is 0 Å². The second-order valence-corrected chi connectivity index (χ2v) is 8.13. The van der Waals surface area contributed by atoms with Gasteiger partial charge in [0.1, 0.15) is 5.52 Å². The fourth-order valence-corrected chi connectivity index (χ4v) is 4.16. The zero-order valence-corrected chi connectivity index (χ0v) is 16.4. The van der Waals surface area contributed by atoms with Gasteiger partial charge in [-0.15, -0.1) is 0 Å². The Hall–Kier alpha value is -3.46. The first-order chi connectivity index (χ1) is 14.7. The van der Waals surface area contributed by atoms with Gasteiger partial charge in [-0.05, 0) is 42.5 Å². The minimum atomic E-state index is -0.253. The highest BCUT2D eigenvalue weighted by Crippen LogP contribution is 2.39. The van der Waals surface area contributed by atoms with Gasteiger partial charge in [0.15, 0.2) is 23.1 Å². The molecule has 1 fully saturated rings. The van der Waals surface area contributed by atoms with Gasteiger partial charge in [0.25, 0.3) is 0 Å². The maximum atomic E-state index is 12.7. The summed E-state index contributed by atoms with van der Waals surface area (Å²) in [5.74, 6) is 1.74. The Kier molecular flexibility index (Phi) is 3.79. The number of rotatable bonds is 4. The predicted octanol–water partition coefficient (Wildman–Crippen LogP) is 1.66. The molecule has 30 heavy (non-hydrogen) atoms. The minimum absolute atomic E-state index is 0.241. The largest absolute Gasteiger partial charge is 0.382 e. The van der Waals surface area contributed by atoms with E-state index in [1.807, 2.05) is 6.20 Å². The van der Waals surface area contributed by atoms with E-state index >= 15 is 0 Å². The van der Waals surface area contributed by atoms with Gasteiger partial charge in [-0.2, -0.15) is 0 Å². The number of H-pyrrole nitrogens is 2. The van der Waals surface area contributed by atoms with Gasteiger partial charge in [0.2, 0.25) is 0 Å². The number of hydrogen-bond acceptors (Lipinski definition) is 6. The molecule has 0 radical (unpaired) electrons. The maximum absolute atomic E-state index is 12.7. The van der Waals surface area contributed by atoms with E-state index in [-0.39, 0.29) is 11.5 Å². The number of aromatic amines is 2. The molecule has 9 nitrogen and oxygen atoms in total. The Morgan fingerprint density at radius 1 is 1.17 bits per heavy atom.